The van der Waals surface area contributed by atoms with E-state index in [4.69, 9.17) is 19.4 Å². The summed E-state index contributed by atoms with van der Waals surface area (Å²) in [6.07, 6.45) is 1.51. The minimum atomic E-state index is -0.748. The third-order valence-electron chi connectivity index (χ3n) is 11.4. The molecular formula is C46H44N10O6. The van der Waals surface area contributed by atoms with Gasteiger partial charge in [-0.15, -0.1) is 0 Å². The number of H-pyrrole nitrogens is 2. The number of urea groups is 2. The molecule has 0 saturated carbocycles. The van der Waals surface area contributed by atoms with Gasteiger partial charge in [0.2, 0.25) is 0 Å². The third-order valence-corrected chi connectivity index (χ3v) is 11.4. The summed E-state index contributed by atoms with van der Waals surface area (Å²) in [7, 11) is 2.51. The predicted molar refractivity (Wildman–Crippen MR) is 234 cm³/mol. The predicted octanol–water partition coefficient (Wildman–Crippen LogP) is 8.84. The van der Waals surface area contributed by atoms with Crippen molar-refractivity contribution in [3.8, 4) is 22.3 Å². The molecule has 0 unspecified atom stereocenters. The Bertz CT molecular complexity index is 2570. The monoisotopic (exact) mass is 832 g/mol. The van der Waals surface area contributed by atoms with Crippen LogP contribution in [0.25, 0.3) is 44.3 Å². The van der Waals surface area contributed by atoms with Gasteiger partial charge in [-0.05, 0) is 96.5 Å². The van der Waals surface area contributed by atoms with Gasteiger partial charge in [0.05, 0.1) is 59.7 Å². The molecule has 62 heavy (non-hydrogen) atoms. The molecule has 2 saturated heterocycles. The van der Waals surface area contributed by atoms with E-state index in [0.29, 0.717) is 36.1 Å². The van der Waals surface area contributed by atoms with Gasteiger partial charge in [0, 0.05) is 13.1 Å². The number of benzene rings is 5. The van der Waals surface area contributed by atoms with Gasteiger partial charge in [0.1, 0.15) is 11.6 Å². The van der Waals surface area contributed by atoms with E-state index >= 15 is 0 Å². The Morgan fingerprint density at radius 1 is 0.565 bits per heavy atom. The molecule has 2 atom stereocenters. The van der Waals surface area contributed by atoms with Crippen molar-refractivity contribution >= 4 is 57.7 Å². The molecule has 4 N–H and O–H groups in total. The molecule has 4 heterocycles. The number of amides is 6. The smallest absolute Gasteiger partial charge is 0.426 e. The maximum absolute atomic E-state index is 13.9. The number of imidazole rings is 2. The fourth-order valence-electron chi connectivity index (χ4n) is 8.28. The van der Waals surface area contributed by atoms with E-state index in [0.717, 1.165) is 70.0 Å². The first kappa shape index (κ1) is 39.6. The lowest BCUT2D eigenvalue weighted by Crippen LogP contribution is -2.52. The molecule has 6 amide bonds. The number of carbonyl (C=O) groups is 4. The van der Waals surface area contributed by atoms with Gasteiger partial charge < -0.3 is 29.2 Å². The van der Waals surface area contributed by atoms with Crippen LogP contribution in [0, 0.1) is 0 Å². The number of ether oxygens (including phenoxy) is 2. The summed E-state index contributed by atoms with van der Waals surface area (Å²) in [6, 6.07) is 37.0. The second kappa shape index (κ2) is 17.0. The summed E-state index contributed by atoms with van der Waals surface area (Å²) < 4.78 is 9.61. The molecule has 2 aliphatic heterocycles. The maximum Gasteiger partial charge on any atom is 0.426 e. The Balaban J connectivity index is 0.910. The van der Waals surface area contributed by atoms with Crippen LogP contribution >= 0.6 is 0 Å². The van der Waals surface area contributed by atoms with Crippen LogP contribution in [0.15, 0.2) is 121 Å². The molecule has 9 rings (SSSR count). The number of hydrogen-bond donors (Lipinski definition) is 4. The largest absolute Gasteiger partial charge is 0.452 e. The van der Waals surface area contributed by atoms with Crippen molar-refractivity contribution in [2.24, 2.45) is 0 Å². The number of aromatic amines is 2. The number of anilines is 2. The summed E-state index contributed by atoms with van der Waals surface area (Å²) in [6.45, 7) is 1.01. The van der Waals surface area contributed by atoms with Crippen LogP contribution in [0.4, 0.5) is 30.6 Å². The van der Waals surface area contributed by atoms with Crippen LogP contribution in [0.3, 0.4) is 0 Å². The first-order valence-corrected chi connectivity index (χ1v) is 20.4. The second-order valence-electron chi connectivity index (χ2n) is 15.1. The Morgan fingerprint density at radius 2 is 0.952 bits per heavy atom. The highest BCUT2D eigenvalue weighted by molar-refractivity contribution is 5.96. The van der Waals surface area contributed by atoms with E-state index in [1.165, 1.54) is 24.2 Å². The molecule has 2 aromatic heterocycles. The lowest BCUT2D eigenvalue weighted by Gasteiger charge is -2.30. The molecule has 0 aliphatic carbocycles. The Hall–Kier alpha value is -7.88. The van der Waals surface area contributed by atoms with E-state index in [2.05, 4.69) is 57.2 Å². The number of fused-ring (bicyclic) bond motifs is 2. The summed E-state index contributed by atoms with van der Waals surface area (Å²) in [4.78, 5) is 72.5. The van der Waals surface area contributed by atoms with E-state index in [1.807, 2.05) is 36.4 Å². The van der Waals surface area contributed by atoms with Crippen LogP contribution in [0.1, 0.15) is 49.4 Å². The zero-order chi connectivity index (χ0) is 42.7. The Kier molecular flexibility index (Phi) is 10.9. The van der Waals surface area contributed by atoms with Gasteiger partial charge in [0.25, 0.3) is 0 Å². The zero-order valence-corrected chi connectivity index (χ0v) is 34.1. The van der Waals surface area contributed by atoms with Crippen molar-refractivity contribution in [3.63, 3.8) is 0 Å². The lowest BCUT2D eigenvalue weighted by atomic mass is 10.00. The standard InChI is InChI=1S/C46H44N10O6/c1-61-43(57)51-55(33-11-5-3-6-12-33)45(59)53-25-9-15-39(53)41-47-35-23-21-31(27-37(35)49-41)29-17-19-30(20-18-29)32-22-24-36-38(28-32)50-42(48-36)40-16-10-26-54(40)46(60)56(52-44(58)62-2)34-13-7-4-8-14-34/h3-8,11-14,17-24,27-28,39-40H,9-10,15-16,25-26H2,1-2H3,(H,47,49)(H,48,50)(H,51,57)(H,52,58)/t39-,40-/m0/s1. The molecule has 0 bridgehead atoms. The van der Waals surface area contributed by atoms with Crippen molar-refractivity contribution in [2.45, 2.75) is 37.8 Å². The van der Waals surface area contributed by atoms with Crippen LogP contribution in [-0.2, 0) is 9.47 Å². The number of likely N-dealkylation sites (tertiary alicyclic amines) is 2. The average Bonchev–Trinajstić information content (AvgIpc) is 4.16. The van der Waals surface area contributed by atoms with E-state index < -0.39 is 12.2 Å². The van der Waals surface area contributed by atoms with Gasteiger partial charge in [-0.1, -0.05) is 72.8 Å². The summed E-state index contributed by atoms with van der Waals surface area (Å²) in [5, 5.41) is 2.42. The normalized spacial score (nSPS) is 16.0. The molecule has 5 aromatic carbocycles. The number of aromatic nitrogens is 4. The number of hydrogen-bond acceptors (Lipinski definition) is 8. The van der Waals surface area contributed by atoms with E-state index in [9.17, 15) is 19.2 Å². The second-order valence-corrected chi connectivity index (χ2v) is 15.1. The molecule has 16 nitrogen and oxygen atoms in total. The van der Waals surface area contributed by atoms with Gasteiger partial charge in [-0.3, -0.25) is 0 Å². The van der Waals surface area contributed by atoms with E-state index in [1.54, 1.807) is 58.3 Å². The molecule has 314 valence electrons. The molecule has 2 fully saturated rings. The third kappa shape index (κ3) is 7.80. The fourth-order valence-corrected chi connectivity index (χ4v) is 8.28. The van der Waals surface area contributed by atoms with E-state index in [-0.39, 0.29) is 24.1 Å². The Morgan fingerprint density at radius 3 is 1.34 bits per heavy atom. The number of carbonyl (C=O) groups excluding carboxylic acids is 4. The topological polar surface area (TPSA) is 181 Å². The van der Waals surface area contributed by atoms with Gasteiger partial charge >= 0.3 is 24.2 Å². The first-order chi connectivity index (χ1) is 30.3. The van der Waals surface area contributed by atoms with Crippen LogP contribution in [0.5, 0.6) is 0 Å². The highest BCUT2D eigenvalue weighted by Gasteiger charge is 2.37. The lowest BCUT2D eigenvalue weighted by molar-refractivity contribution is 0.164. The average molecular weight is 833 g/mol. The SMILES string of the molecule is COC(=O)NN(C(=O)N1CCC[C@H]1c1nc2ccc(-c3ccc(-c4ccc5nc([C@@H]6CCCN6C(=O)N(NC(=O)OC)c6ccccc6)[nH]c5c4)cc3)cc2[nH]1)c1ccccc1. The quantitative estimate of drug-likeness (QED) is 0.120. The summed E-state index contributed by atoms with van der Waals surface area (Å²) in [5.41, 5.74) is 13.5. The Labute approximate surface area is 356 Å². The molecule has 0 spiro atoms. The number of nitrogens with zero attached hydrogens (tertiary/aromatic N) is 6. The van der Waals surface area contributed by atoms with Crippen molar-refractivity contribution in [1.29, 1.82) is 0 Å². The van der Waals surface area contributed by atoms with Crippen LogP contribution in [-0.4, -0.2) is 81.3 Å². The number of nitrogens with one attached hydrogen (secondary N) is 4. The minimum absolute atomic E-state index is 0.313. The number of hydrazine groups is 2. The summed E-state index contributed by atoms with van der Waals surface area (Å²) >= 11 is 0. The van der Waals surface area contributed by atoms with Crippen LogP contribution in [0.2, 0.25) is 0 Å². The molecule has 2 aliphatic rings. The maximum atomic E-state index is 13.9. The van der Waals surface area contributed by atoms with Gasteiger partial charge in [0.15, 0.2) is 0 Å². The molecule has 0 radical (unpaired) electrons. The highest BCUT2D eigenvalue weighted by atomic mass is 16.5. The molecule has 16 heteroatoms. The number of methoxy groups -OCH3 is 2. The minimum Gasteiger partial charge on any atom is -0.452 e. The number of rotatable bonds is 6. The van der Waals surface area contributed by atoms with Crippen molar-refractivity contribution in [1.82, 2.24) is 40.6 Å². The number of para-hydroxylation sites is 2. The van der Waals surface area contributed by atoms with Crippen LogP contribution < -0.4 is 20.9 Å². The summed E-state index contributed by atoms with van der Waals surface area (Å²) in [5.74, 6) is 1.36. The van der Waals surface area contributed by atoms with Gasteiger partial charge in [-0.25, -0.2) is 40.0 Å². The van der Waals surface area contributed by atoms with Crippen molar-refractivity contribution in [2.75, 3.05) is 37.3 Å². The highest BCUT2D eigenvalue weighted by Crippen LogP contribution is 2.36. The first-order valence-electron chi connectivity index (χ1n) is 20.4. The van der Waals surface area contributed by atoms with Crippen molar-refractivity contribution < 1.29 is 28.7 Å². The molecular weight excluding hydrogens is 789 g/mol. The van der Waals surface area contributed by atoms with Gasteiger partial charge in [-0.2, -0.15) is 10.0 Å². The van der Waals surface area contributed by atoms with Crippen molar-refractivity contribution in [3.05, 3.63) is 133 Å². The molecule has 7 aromatic rings. The fraction of sp³-hybridized carbons (Fsp3) is 0.217. The zero-order valence-electron chi connectivity index (χ0n) is 34.1.